The summed E-state index contributed by atoms with van der Waals surface area (Å²) in [7, 11) is -3.96. The van der Waals surface area contributed by atoms with Crippen LogP contribution in [0.1, 0.15) is 0 Å². The molecule has 0 spiro atoms. The third kappa shape index (κ3) is 2.13. The summed E-state index contributed by atoms with van der Waals surface area (Å²) in [5.74, 6) is -0.107. The van der Waals surface area contributed by atoms with Gasteiger partial charge in [0.1, 0.15) is 5.75 Å². The highest BCUT2D eigenvalue weighted by Gasteiger charge is 2.33. The molecule has 60 valence electrons. The lowest BCUT2D eigenvalue weighted by Crippen LogP contribution is -2.08. The van der Waals surface area contributed by atoms with Crippen LogP contribution in [0.3, 0.4) is 0 Å². The number of phenolic OH excluding ortho intramolecular Hbond substituents is 1. The van der Waals surface area contributed by atoms with E-state index in [1.807, 2.05) is 0 Å². The van der Waals surface area contributed by atoms with Gasteiger partial charge in [-0.3, -0.25) is 0 Å². The Morgan fingerprint density at radius 1 is 1.09 bits per heavy atom. The topological polar surface area (TPSA) is 80.9 Å². The molecule has 0 aliphatic rings. The van der Waals surface area contributed by atoms with Crippen molar-refractivity contribution in [1.29, 1.82) is 0 Å². The first kappa shape index (κ1) is 8.43. The average Bonchev–Trinajstić information content (AvgIpc) is 1.86. The summed E-state index contributed by atoms with van der Waals surface area (Å²) < 4.78 is 0. The molecular weight excluding hydrogens is 167 g/mol. The highest BCUT2D eigenvalue weighted by atomic mass is 31.2. The molecule has 5 heteroatoms. The predicted octanol–water partition coefficient (Wildman–Crippen LogP) is -0.243. The van der Waals surface area contributed by atoms with Crippen LogP contribution >= 0.6 is 7.94 Å². The zero-order valence-electron chi connectivity index (χ0n) is 5.55. The van der Waals surface area contributed by atoms with Gasteiger partial charge in [0.05, 0.1) is 0 Å². The molecule has 1 rings (SSSR count). The second-order valence-electron chi connectivity index (χ2n) is 2.09. The number of hydrogen-bond donors (Lipinski definition) is 4. The number of phenols is 1. The van der Waals surface area contributed by atoms with Crippen LogP contribution in [0.25, 0.3) is 0 Å². The molecule has 1 aromatic carbocycles. The van der Waals surface area contributed by atoms with Crippen molar-refractivity contribution in [3.05, 3.63) is 24.3 Å². The first-order chi connectivity index (χ1) is 5.00. The maximum atomic E-state index is 8.86. The molecule has 0 bridgehead atoms. The van der Waals surface area contributed by atoms with Crippen molar-refractivity contribution < 1.29 is 19.8 Å². The van der Waals surface area contributed by atoms with Crippen LogP contribution in [0.4, 0.5) is 0 Å². The fourth-order valence-corrected chi connectivity index (χ4v) is 1.27. The molecule has 0 aromatic heterocycles. The largest absolute Gasteiger partial charge is 0.508 e. The van der Waals surface area contributed by atoms with Gasteiger partial charge in [-0.05, 0) is 12.1 Å². The number of benzene rings is 1. The van der Waals surface area contributed by atoms with Crippen LogP contribution < -0.4 is 5.30 Å². The fourth-order valence-electron chi connectivity index (χ4n) is 0.680. The summed E-state index contributed by atoms with van der Waals surface area (Å²) in [6.07, 6.45) is 0. The van der Waals surface area contributed by atoms with Crippen LogP contribution in [0.5, 0.6) is 5.75 Å². The Kier molecular flexibility index (Phi) is 2.11. The van der Waals surface area contributed by atoms with Gasteiger partial charge >= 0.3 is 7.94 Å². The van der Waals surface area contributed by atoms with Crippen molar-refractivity contribution >= 4 is 13.2 Å². The predicted molar refractivity (Wildman–Crippen MR) is 41.3 cm³/mol. The van der Waals surface area contributed by atoms with E-state index in [1.165, 1.54) is 18.2 Å². The van der Waals surface area contributed by atoms with E-state index in [-0.39, 0.29) is 11.1 Å². The van der Waals surface area contributed by atoms with Gasteiger partial charge in [-0.15, -0.1) is 0 Å². The zero-order chi connectivity index (χ0) is 8.48. The highest BCUT2D eigenvalue weighted by molar-refractivity contribution is 7.66. The zero-order valence-corrected chi connectivity index (χ0v) is 6.44. The van der Waals surface area contributed by atoms with Crippen LogP contribution in [-0.2, 0) is 0 Å². The first-order valence-corrected chi connectivity index (χ1v) is 4.52. The minimum Gasteiger partial charge on any atom is -0.508 e. The normalized spacial score (nSPS) is 11.5. The Morgan fingerprint density at radius 3 is 2.09 bits per heavy atom. The molecule has 11 heavy (non-hydrogen) atoms. The van der Waals surface area contributed by atoms with E-state index in [9.17, 15) is 0 Å². The Balaban J connectivity index is 3.06. The molecule has 0 fully saturated rings. The average molecular weight is 175 g/mol. The van der Waals surface area contributed by atoms with Gasteiger partial charge in [-0.25, -0.2) is 0 Å². The minimum absolute atomic E-state index is 0.0579. The van der Waals surface area contributed by atoms with Crippen LogP contribution in [0.2, 0.25) is 0 Å². The molecule has 0 unspecified atom stereocenters. The van der Waals surface area contributed by atoms with Crippen molar-refractivity contribution in [3.8, 4) is 5.75 Å². The third-order valence-electron chi connectivity index (χ3n) is 1.18. The quantitative estimate of drug-likeness (QED) is 0.444. The molecule has 0 aliphatic carbocycles. The minimum atomic E-state index is -3.96. The summed E-state index contributed by atoms with van der Waals surface area (Å²) in [6, 6.07) is 5.22. The van der Waals surface area contributed by atoms with Gasteiger partial charge in [-0.1, -0.05) is 6.07 Å². The summed E-state index contributed by atoms with van der Waals surface area (Å²) >= 11 is 0. The molecule has 0 heterocycles. The lowest BCUT2D eigenvalue weighted by molar-refractivity contribution is 0.346. The van der Waals surface area contributed by atoms with Gasteiger partial charge in [0, 0.05) is 6.07 Å². The van der Waals surface area contributed by atoms with E-state index in [4.69, 9.17) is 19.8 Å². The summed E-state index contributed by atoms with van der Waals surface area (Å²) in [4.78, 5) is 26.2. The monoisotopic (exact) mass is 175 g/mol. The van der Waals surface area contributed by atoms with Gasteiger partial charge in [-0.2, -0.15) is 14.7 Å². The molecule has 0 aliphatic heterocycles. The Hall–Kier alpha value is -0.670. The van der Waals surface area contributed by atoms with Crippen LogP contribution in [0.15, 0.2) is 24.3 Å². The van der Waals surface area contributed by atoms with Crippen molar-refractivity contribution in [1.82, 2.24) is 0 Å². The molecule has 0 radical (unpaired) electrons. The maximum absolute atomic E-state index is 8.86. The smallest absolute Gasteiger partial charge is 0.441 e. The van der Waals surface area contributed by atoms with E-state index in [2.05, 4.69) is 0 Å². The van der Waals surface area contributed by atoms with Crippen molar-refractivity contribution in [3.63, 3.8) is 0 Å². The highest BCUT2D eigenvalue weighted by Crippen LogP contribution is 2.43. The molecule has 0 saturated carbocycles. The summed E-state index contributed by atoms with van der Waals surface area (Å²) in [5, 5.41) is 8.80. The second kappa shape index (κ2) is 2.75. The number of hydrogen-bond acceptors (Lipinski definition) is 4. The Bertz CT molecular complexity index is 255. The molecular formula is C6H8O4P+. The van der Waals surface area contributed by atoms with Crippen molar-refractivity contribution in [2.24, 2.45) is 0 Å². The Labute approximate surface area is 64.0 Å². The van der Waals surface area contributed by atoms with E-state index in [0.717, 1.165) is 6.07 Å². The molecule has 4 N–H and O–H groups in total. The van der Waals surface area contributed by atoms with E-state index < -0.39 is 7.94 Å². The van der Waals surface area contributed by atoms with Gasteiger partial charge in [0.2, 0.25) is 0 Å². The van der Waals surface area contributed by atoms with E-state index in [1.54, 1.807) is 0 Å². The van der Waals surface area contributed by atoms with Crippen LogP contribution in [-0.4, -0.2) is 19.8 Å². The second-order valence-corrected chi connectivity index (χ2v) is 3.74. The van der Waals surface area contributed by atoms with Gasteiger partial charge in [0.25, 0.3) is 0 Å². The molecule has 4 nitrogen and oxygen atoms in total. The van der Waals surface area contributed by atoms with Crippen molar-refractivity contribution in [2.75, 3.05) is 0 Å². The standard InChI is InChI=1S/C6H7O4P/c7-5-2-1-3-6(4-5)11(8,9)10/h1-4,8-10H/p+1. The fraction of sp³-hybridized carbons (Fsp3) is 0. The van der Waals surface area contributed by atoms with Gasteiger partial charge in [0.15, 0.2) is 5.30 Å². The molecule has 0 atom stereocenters. The van der Waals surface area contributed by atoms with Gasteiger partial charge < -0.3 is 5.11 Å². The first-order valence-electron chi connectivity index (χ1n) is 2.87. The lowest BCUT2D eigenvalue weighted by Gasteiger charge is -2.02. The van der Waals surface area contributed by atoms with E-state index >= 15 is 0 Å². The number of rotatable bonds is 1. The van der Waals surface area contributed by atoms with Crippen LogP contribution in [0, 0.1) is 0 Å². The Morgan fingerprint density at radius 2 is 1.73 bits per heavy atom. The van der Waals surface area contributed by atoms with E-state index in [0.29, 0.717) is 0 Å². The SMILES string of the molecule is Oc1cccc([P+](O)(O)O)c1. The van der Waals surface area contributed by atoms with Crippen molar-refractivity contribution in [2.45, 2.75) is 0 Å². The summed E-state index contributed by atoms with van der Waals surface area (Å²) in [5.41, 5.74) is 0. The summed E-state index contributed by atoms with van der Waals surface area (Å²) in [6.45, 7) is 0. The lowest BCUT2D eigenvalue weighted by atomic mass is 10.3. The molecule has 1 aromatic rings. The number of aromatic hydroxyl groups is 1. The third-order valence-corrected chi connectivity index (χ3v) is 2.15. The molecule has 0 saturated heterocycles. The molecule has 0 amide bonds. The maximum Gasteiger partial charge on any atom is 0.441 e.